The number of alkyl carbamates (subject to hydrolysis) is 1. The summed E-state index contributed by atoms with van der Waals surface area (Å²) in [5.74, 6) is -0.235. The Hall–Kier alpha value is -1.26. The predicted octanol–water partition coefficient (Wildman–Crippen LogP) is 1.43. The van der Waals surface area contributed by atoms with Crippen molar-refractivity contribution in [2.75, 3.05) is 6.54 Å². The molecule has 16 heavy (non-hydrogen) atoms. The summed E-state index contributed by atoms with van der Waals surface area (Å²) in [6, 6.07) is 0. The molecule has 5 nitrogen and oxygen atoms in total. The van der Waals surface area contributed by atoms with E-state index >= 15 is 0 Å². The topological polar surface area (TPSA) is 67.4 Å². The maximum absolute atomic E-state index is 11.6. The Morgan fingerprint density at radius 1 is 1.12 bits per heavy atom. The van der Waals surface area contributed by atoms with Crippen molar-refractivity contribution in [1.29, 1.82) is 0 Å². The second kappa shape index (κ2) is 5.18. The van der Waals surface area contributed by atoms with Crippen LogP contribution in [0.4, 0.5) is 4.79 Å². The second-order valence-electron chi connectivity index (χ2n) is 5.11. The molecule has 0 spiro atoms. The minimum Gasteiger partial charge on any atom is -0.444 e. The van der Waals surface area contributed by atoms with Crippen molar-refractivity contribution in [1.82, 2.24) is 10.6 Å². The number of rotatable bonds is 3. The molecule has 0 saturated heterocycles. The highest BCUT2D eigenvalue weighted by Gasteiger charge is 2.30. The van der Waals surface area contributed by atoms with E-state index in [9.17, 15) is 9.59 Å². The van der Waals surface area contributed by atoms with E-state index in [0.29, 0.717) is 6.54 Å². The smallest absolute Gasteiger partial charge is 0.408 e. The van der Waals surface area contributed by atoms with Crippen molar-refractivity contribution in [3.05, 3.63) is 0 Å². The molecule has 94 valence electrons. The minimum atomic E-state index is -0.974. The zero-order valence-corrected chi connectivity index (χ0v) is 10.9. The van der Waals surface area contributed by atoms with E-state index in [1.165, 1.54) is 0 Å². The van der Waals surface area contributed by atoms with Gasteiger partial charge in [0.25, 0.3) is 0 Å². The van der Waals surface area contributed by atoms with Crippen LogP contribution < -0.4 is 10.6 Å². The van der Waals surface area contributed by atoms with Gasteiger partial charge in [0.15, 0.2) is 0 Å². The molecule has 0 saturated carbocycles. The highest BCUT2D eigenvalue weighted by molar-refractivity contribution is 5.89. The average Bonchev–Trinajstić information content (AvgIpc) is 1.99. The van der Waals surface area contributed by atoms with Crippen LogP contribution in [-0.4, -0.2) is 29.7 Å². The van der Waals surface area contributed by atoms with Gasteiger partial charge >= 0.3 is 6.09 Å². The van der Waals surface area contributed by atoms with Gasteiger partial charge in [-0.3, -0.25) is 4.79 Å². The van der Waals surface area contributed by atoms with Gasteiger partial charge in [-0.25, -0.2) is 4.79 Å². The summed E-state index contributed by atoms with van der Waals surface area (Å²) in [6.07, 6.45) is -0.594. The Bertz CT molecular complexity index is 267. The lowest BCUT2D eigenvalue weighted by molar-refractivity contribution is -0.126. The summed E-state index contributed by atoms with van der Waals surface area (Å²) >= 11 is 0. The summed E-state index contributed by atoms with van der Waals surface area (Å²) in [6.45, 7) is 10.9. The molecule has 2 N–H and O–H groups in total. The van der Waals surface area contributed by atoms with Gasteiger partial charge in [-0.1, -0.05) is 0 Å². The third kappa shape index (κ3) is 5.58. The van der Waals surface area contributed by atoms with E-state index < -0.39 is 17.2 Å². The van der Waals surface area contributed by atoms with Crippen molar-refractivity contribution in [3.63, 3.8) is 0 Å². The molecule has 0 aliphatic rings. The van der Waals surface area contributed by atoms with Gasteiger partial charge in [-0.2, -0.15) is 0 Å². The fourth-order valence-electron chi connectivity index (χ4n) is 0.997. The molecule has 0 bridgehead atoms. The SMILES string of the molecule is CCNC(=O)C(C)(C)NC(=O)OC(C)(C)C. The van der Waals surface area contributed by atoms with Crippen molar-refractivity contribution < 1.29 is 14.3 Å². The number of nitrogens with one attached hydrogen (secondary N) is 2. The van der Waals surface area contributed by atoms with Crippen LogP contribution in [0, 0.1) is 0 Å². The van der Waals surface area contributed by atoms with E-state index in [1.807, 2.05) is 6.92 Å². The van der Waals surface area contributed by atoms with Gasteiger partial charge in [0, 0.05) is 6.54 Å². The largest absolute Gasteiger partial charge is 0.444 e. The number of carbonyl (C=O) groups excluding carboxylic acids is 2. The molecular weight excluding hydrogens is 208 g/mol. The van der Waals surface area contributed by atoms with E-state index in [0.717, 1.165) is 0 Å². The first-order chi connectivity index (χ1) is 7.08. The van der Waals surface area contributed by atoms with Gasteiger partial charge in [0.2, 0.25) is 5.91 Å². The summed E-state index contributed by atoms with van der Waals surface area (Å²) < 4.78 is 5.07. The molecule has 2 amide bonds. The normalized spacial score (nSPS) is 11.9. The molecule has 0 aromatic carbocycles. The molecule has 0 heterocycles. The Kier molecular flexibility index (Phi) is 4.78. The molecule has 0 rings (SSSR count). The first kappa shape index (κ1) is 14.7. The van der Waals surface area contributed by atoms with Crippen LogP contribution in [0.1, 0.15) is 41.5 Å². The highest BCUT2D eigenvalue weighted by Crippen LogP contribution is 2.09. The standard InChI is InChI=1S/C11H22N2O3/c1-7-12-8(14)11(5,6)13-9(15)16-10(2,3)4/h7H2,1-6H3,(H,12,14)(H,13,15). The molecule has 0 aromatic heterocycles. The van der Waals surface area contributed by atoms with Crippen molar-refractivity contribution >= 4 is 12.0 Å². The molecule has 0 unspecified atom stereocenters. The van der Waals surface area contributed by atoms with Crippen molar-refractivity contribution in [2.24, 2.45) is 0 Å². The fraction of sp³-hybridized carbons (Fsp3) is 0.818. The number of ether oxygens (including phenoxy) is 1. The molecule has 0 fully saturated rings. The number of likely N-dealkylation sites (N-methyl/N-ethyl adjacent to an activating group) is 1. The third-order valence-electron chi connectivity index (χ3n) is 1.72. The van der Waals surface area contributed by atoms with Crippen LogP contribution >= 0.6 is 0 Å². The fourth-order valence-corrected chi connectivity index (χ4v) is 0.997. The lowest BCUT2D eigenvalue weighted by Gasteiger charge is -2.27. The monoisotopic (exact) mass is 230 g/mol. The number of hydrogen-bond acceptors (Lipinski definition) is 3. The van der Waals surface area contributed by atoms with Crippen LogP contribution in [0.2, 0.25) is 0 Å². The maximum atomic E-state index is 11.6. The van der Waals surface area contributed by atoms with Gasteiger partial charge in [-0.05, 0) is 41.5 Å². The van der Waals surface area contributed by atoms with Crippen LogP contribution in [0.3, 0.4) is 0 Å². The quantitative estimate of drug-likeness (QED) is 0.770. The molecular formula is C11H22N2O3. The van der Waals surface area contributed by atoms with Gasteiger partial charge in [0.05, 0.1) is 0 Å². The van der Waals surface area contributed by atoms with Crippen molar-refractivity contribution in [2.45, 2.75) is 52.7 Å². The highest BCUT2D eigenvalue weighted by atomic mass is 16.6. The van der Waals surface area contributed by atoms with Crippen LogP contribution in [0.15, 0.2) is 0 Å². The molecule has 0 aliphatic heterocycles. The zero-order valence-electron chi connectivity index (χ0n) is 10.9. The summed E-state index contributed by atoms with van der Waals surface area (Å²) in [5.41, 5.74) is -1.54. The van der Waals surface area contributed by atoms with Gasteiger partial charge in [-0.15, -0.1) is 0 Å². The second-order valence-corrected chi connectivity index (χ2v) is 5.11. The van der Waals surface area contributed by atoms with E-state index in [4.69, 9.17) is 4.74 Å². The summed E-state index contributed by atoms with van der Waals surface area (Å²) in [5, 5.41) is 5.17. The lowest BCUT2D eigenvalue weighted by Crippen LogP contribution is -2.55. The van der Waals surface area contributed by atoms with E-state index in [1.54, 1.807) is 34.6 Å². The Morgan fingerprint density at radius 2 is 1.62 bits per heavy atom. The molecule has 0 atom stereocenters. The van der Waals surface area contributed by atoms with Crippen LogP contribution in [0.25, 0.3) is 0 Å². The Morgan fingerprint density at radius 3 is 2.00 bits per heavy atom. The average molecular weight is 230 g/mol. The Balaban J connectivity index is 4.36. The molecule has 0 aromatic rings. The van der Waals surface area contributed by atoms with Crippen LogP contribution in [-0.2, 0) is 9.53 Å². The Labute approximate surface area is 96.9 Å². The summed E-state index contributed by atoms with van der Waals surface area (Å²) in [4.78, 5) is 23.1. The van der Waals surface area contributed by atoms with E-state index in [-0.39, 0.29) is 5.91 Å². The summed E-state index contributed by atoms with van der Waals surface area (Å²) in [7, 11) is 0. The van der Waals surface area contributed by atoms with Gasteiger partial charge in [0.1, 0.15) is 11.1 Å². The molecule has 0 aliphatic carbocycles. The first-order valence-corrected chi connectivity index (χ1v) is 5.38. The first-order valence-electron chi connectivity index (χ1n) is 5.38. The molecule has 0 radical (unpaired) electrons. The third-order valence-corrected chi connectivity index (χ3v) is 1.72. The number of carbonyl (C=O) groups is 2. The maximum Gasteiger partial charge on any atom is 0.408 e. The number of amides is 2. The van der Waals surface area contributed by atoms with Crippen molar-refractivity contribution in [3.8, 4) is 0 Å². The number of hydrogen-bond donors (Lipinski definition) is 2. The van der Waals surface area contributed by atoms with Crippen LogP contribution in [0.5, 0.6) is 0 Å². The molecule has 5 heteroatoms. The zero-order chi connectivity index (χ0) is 13.0. The lowest BCUT2D eigenvalue weighted by atomic mass is 10.1. The minimum absolute atomic E-state index is 0.235. The van der Waals surface area contributed by atoms with E-state index in [2.05, 4.69) is 10.6 Å². The van der Waals surface area contributed by atoms with Gasteiger partial charge < -0.3 is 15.4 Å². The predicted molar refractivity (Wildman–Crippen MR) is 62.1 cm³/mol.